The molecule has 1 saturated carbocycles. The fourth-order valence-electron chi connectivity index (χ4n) is 2.07. The fourth-order valence-corrected chi connectivity index (χ4v) is 2.07. The van der Waals surface area contributed by atoms with E-state index < -0.39 is 35.7 Å². The van der Waals surface area contributed by atoms with Crippen molar-refractivity contribution in [1.82, 2.24) is 5.32 Å². The molecule has 9 heteroatoms. The molecule has 1 fully saturated rings. The van der Waals surface area contributed by atoms with E-state index in [1.165, 1.54) is 12.8 Å². The number of amides is 1. The minimum Gasteiger partial charge on any atom is -0.550 e. The van der Waals surface area contributed by atoms with Crippen molar-refractivity contribution in [3.8, 4) is 0 Å². The predicted molar refractivity (Wildman–Crippen MR) is 85.1 cm³/mol. The molecule has 0 spiro atoms. The maximum absolute atomic E-state index is 11.5. The molecule has 0 saturated heterocycles. The van der Waals surface area contributed by atoms with Crippen molar-refractivity contribution in [2.24, 2.45) is 16.9 Å². The first kappa shape index (κ1) is 26.2. The Labute approximate surface area is 163 Å². The van der Waals surface area contributed by atoms with Gasteiger partial charge in [0.05, 0.1) is 12.0 Å². The number of nitrogens with two attached hydrogens (primary N) is 2. The first-order valence-electron chi connectivity index (χ1n) is 8.18. The number of rotatable bonds is 5. The van der Waals surface area contributed by atoms with Crippen LogP contribution in [-0.4, -0.2) is 36.0 Å². The maximum atomic E-state index is 11.5. The second-order valence-electron chi connectivity index (χ2n) is 7.12. The van der Waals surface area contributed by atoms with Crippen LogP contribution in [0.3, 0.4) is 0 Å². The van der Waals surface area contributed by atoms with E-state index in [1.807, 2.05) is 0 Å². The zero-order valence-electron chi connectivity index (χ0n) is 15.0. The van der Waals surface area contributed by atoms with Gasteiger partial charge >= 0.3 is 21.1 Å². The summed E-state index contributed by atoms with van der Waals surface area (Å²) in [7, 11) is 0. The van der Waals surface area contributed by atoms with E-state index in [-0.39, 0.29) is 39.6 Å². The van der Waals surface area contributed by atoms with Crippen molar-refractivity contribution < 1.29 is 45.7 Å². The number of carboxylic acids is 2. The van der Waals surface area contributed by atoms with Gasteiger partial charge in [0.25, 0.3) is 0 Å². The van der Waals surface area contributed by atoms with E-state index in [0.717, 1.165) is 12.8 Å². The first-order chi connectivity index (χ1) is 10.9. The first-order valence-corrected chi connectivity index (χ1v) is 8.18. The largest absolute Gasteiger partial charge is 2.00 e. The van der Waals surface area contributed by atoms with E-state index in [2.05, 4.69) is 5.32 Å². The Morgan fingerprint density at radius 1 is 1.08 bits per heavy atom. The summed E-state index contributed by atoms with van der Waals surface area (Å²) in [5.74, 6) is -3.34. The van der Waals surface area contributed by atoms with Crippen molar-refractivity contribution in [2.45, 2.75) is 77.4 Å². The Morgan fingerprint density at radius 2 is 1.52 bits per heavy atom. The van der Waals surface area contributed by atoms with Crippen molar-refractivity contribution in [1.29, 1.82) is 0 Å². The Bertz CT molecular complexity index is 430. The molecule has 0 aromatic carbocycles. The van der Waals surface area contributed by atoms with Crippen molar-refractivity contribution in [3.05, 3.63) is 0 Å². The van der Waals surface area contributed by atoms with Crippen molar-refractivity contribution in [3.63, 3.8) is 0 Å². The molecule has 1 unspecified atom stereocenters. The number of carboxylic acid groups (broad SMARTS) is 2. The van der Waals surface area contributed by atoms with Gasteiger partial charge < -0.3 is 36.6 Å². The van der Waals surface area contributed by atoms with Crippen molar-refractivity contribution in [2.75, 3.05) is 0 Å². The van der Waals surface area contributed by atoms with Gasteiger partial charge in [-0.25, -0.2) is 0 Å². The average Bonchev–Trinajstić information content (AvgIpc) is 2.45. The Kier molecular flexibility index (Phi) is 13.0. The molecule has 1 aliphatic carbocycles. The van der Waals surface area contributed by atoms with Gasteiger partial charge in [0.1, 0.15) is 0 Å². The summed E-state index contributed by atoms with van der Waals surface area (Å²) < 4.78 is 0. The van der Waals surface area contributed by atoms with Gasteiger partial charge in [-0.15, -0.1) is 0 Å². The maximum Gasteiger partial charge on any atom is 2.00 e. The molecule has 0 radical (unpaired) electrons. The van der Waals surface area contributed by atoms with E-state index >= 15 is 0 Å². The molecule has 0 aromatic rings. The van der Waals surface area contributed by atoms with Gasteiger partial charge in [-0.05, 0) is 25.7 Å². The van der Waals surface area contributed by atoms with Crippen LogP contribution in [0.25, 0.3) is 0 Å². The van der Waals surface area contributed by atoms with Crippen LogP contribution >= 0.6 is 0 Å². The molecular formula is C16H29N3O5Pt. The monoisotopic (exact) mass is 538 g/mol. The molecule has 0 heterocycles. The van der Waals surface area contributed by atoms with Crippen LogP contribution in [0.2, 0.25) is 0 Å². The zero-order chi connectivity index (χ0) is 18.9. The molecule has 3 atom stereocenters. The van der Waals surface area contributed by atoms with Gasteiger partial charge in [0, 0.05) is 23.5 Å². The Morgan fingerprint density at radius 3 is 1.80 bits per heavy atom. The van der Waals surface area contributed by atoms with E-state index in [1.54, 1.807) is 20.8 Å². The standard InChI is InChI=1S/C10H17NO5.C6H14N2.Pt/c1-10(2,3)9(16)11-6(8(14)15)4-5-7(12)13;7-5-3-1-2-4-6(5)8;/h6H,4-5H2,1-3H3,(H,11,16)(H,12,13)(H,14,15);5-6H,1-4,7-8H2;/q;;+2/p-2/t;5-,6-;/m.1./s1. The summed E-state index contributed by atoms with van der Waals surface area (Å²) in [5.41, 5.74) is 10.6. The van der Waals surface area contributed by atoms with E-state index in [9.17, 15) is 24.6 Å². The third-order valence-electron chi connectivity index (χ3n) is 3.78. The third-order valence-corrected chi connectivity index (χ3v) is 3.78. The average molecular weight is 539 g/mol. The summed E-state index contributed by atoms with van der Waals surface area (Å²) in [6.07, 6.45) is 4.11. The van der Waals surface area contributed by atoms with Crippen LogP contribution in [0.1, 0.15) is 59.3 Å². The minimum absolute atomic E-state index is 0. The summed E-state index contributed by atoms with van der Waals surface area (Å²) >= 11 is 0. The predicted octanol–water partition coefficient (Wildman–Crippen LogP) is -1.99. The van der Waals surface area contributed by atoms with Gasteiger partial charge in [-0.2, -0.15) is 0 Å². The van der Waals surface area contributed by atoms with Gasteiger partial charge in [-0.1, -0.05) is 33.6 Å². The molecule has 25 heavy (non-hydrogen) atoms. The van der Waals surface area contributed by atoms with Crippen LogP contribution in [-0.2, 0) is 35.4 Å². The van der Waals surface area contributed by atoms with Crippen LogP contribution in [0.4, 0.5) is 0 Å². The molecule has 0 aliphatic heterocycles. The smallest absolute Gasteiger partial charge is 0.550 e. The van der Waals surface area contributed by atoms with Gasteiger partial charge in [0.2, 0.25) is 5.91 Å². The molecule has 5 N–H and O–H groups in total. The summed E-state index contributed by atoms with van der Waals surface area (Å²) in [6, 6.07) is -0.739. The topological polar surface area (TPSA) is 161 Å². The number of carbonyl (C=O) groups is 3. The quantitative estimate of drug-likeness (QED) is 0.365. The van der Waals surface area contributed by atoms with E-state index in [4.69, 9.17) is 11.5 Å². The number of hydrogen-bond donors (Lipinski definition) is 3. The molecule has 0 bridgehead atoms. The fraction of sp³-hybridized carbons (Fsp3) is 0.812. The minimum atomic E-state index is -1.50. The van der Waals surface area contributed by atoms with Crippen molar-refractivity contribution >= 4 is 17.8 Å². The number of carbonyl (C=O) groups excluding carboxylic acids is 3. The second kappa shape index (κ2) is 12.4. The van der Waals surface area contributed by atoms with E-state index in [0.29, 0.717) is 0 Å². The number of nitrogens with one attached hydrogen (secondary N) is 1. The molecule has 1 amide bonds. The summed E-state index contributed by atoms with van der Waals surface area (Å²) in [4.78, 5) is 32.3. The normalized spacial score (nSPS) is 21.0. The molecule has 0 aromatic heterocycles. The SMILES string of the molecule is CC(C)(C)C(=O)NC(CCC(=O)[O-])C(=O)[O-].N[C@@H]1CCCC[C@H]1N.[Pt+2]. The zero-order valence-corrected chi connectivity index (χ0v) is 17.3. The van der Waals surface area contributed by atoms with Gasteiger partial charge in [0.15, 0.2) is 0 Å². The molecular weight excluding hydrogens is 509 g/mol. The Hall–Kier alpha value is -0.982. The van der Waals surface area contributed by atoms with Crippen LogP contribution in [0, 0.1) is 5.41 Å². The Balaban J connectivity index is 0. The van der Waals surface area contributed by atoms with Gasteiger partial charge in [-0.3, -0.25) is 4.79 Å². The van der Waals surface area contributed by atoms with Crippen LogP contribution < -0.4 is 27.0 Å². The van der Waals surface area contributed by atoms with Crippen LogP contribution in [0.15, 0.2) is 0 Å². The molecule has 8 nitrogen and oxygen atoms in total. The summed E-state index contributed by atoms with van der Waals surface area (Å²) in [5, 5.41) is 23.0. The van der Waals surface area contributed by atoms with Crippen LogP contribution in [0.5, 0.6) is 0 Å². The molecule has 1 rings (SSSR count). The third kappa shape index (κ3) is 12.1. The number of hydrogen-bond acceptors (Lipinski definition) is 7. The summed E-state index contributed by atoms with van der Waals surface area (Å²) in [6.45, 7) is 4.86. The number of aliphatic carboxylic acids is 2. The molecule has 1 aliphatic rings. The second-order valence-corrected chi connectivity index (χ2v) is 7.12. The molecule has 148 valence electrons.